The Labute approximate surface area is 151 Å². The van der Waals surface area contributed by atoms with E-state index in [0.29, 0.717) is 35.1 Å². The Morgan fingerprint density at radius 3 is 2.84 bits per heavy atom. The number of carbonyl (C=O) groups is 1. The molecule has 2 aromatic rings. The summed E-state index contributed by atoms with van der Waals surface area (Å²) in [5, 5.41) is 3.21. The average Bonchev–Trinajstić information content (AvgIpc) is 2.58. The summed E-state index contributed by atoms with van der Waals surface area (Å²) in [6.07, 6.45) is 2.02. The van der Waals surface area contributed by atoms with Gasteiger partial charge in [0, 0.05) is 23.6 Å². The van der Waals surface area contributed by atoms with E-state index in [4.69, 9.17) is 11.6 Å². The van der Waals surface area contributed by atoms with Crippen LogP contribution in [0, 0.1) is 0 Å². The first-order valence-corrected chi connectivity index (χ1v) is 8.47. The van der Waals surface area contributed by atoms with Gasteiger partial charge in [0.25, 0.3) is 5.91 Å². The molecule has 3 rings (SSSR count). The van der Waals surface area contributed by atoms with Crippen LogP contribution in [0.2, 0.25) is 5.02 Å². The Morgan fingerprint density at radius 1 is 1.36 bits per heavy atom. The first kappa shape index (κ1) is 17.6. The maximum atomic E-state index is 13.8. The van der Waals surface area contributed by atoms with Gasteiger partial charge in [-0.2, -0.15) is 0 Å². The number of piperidine rings is 1. The predicted molar refractivity (Wildman–Crippen MR) is 98.4 cm³/mol. The molecule has 0 saturated carbocycles. The quantitative estimate of drug-likeness (QED) is 0.826. The van der Waals surface area contributed by atoms with Gasteiger partial charge in [0.2, 0.25) is 0 Å². The highest BCUT2D eigenvalue weighted by molar-refractivity contribution is 6.31. The van der Waals surface area contributed by atoms with Gasteiger partial charge in [-0.15, -0.1) is 0 Å². The number of likely N-dealkylation sites (tertiary alicyclic amines) is 1. The van der Waals surface area contributed by atoms with Crippen molar-refractivity contribution in [2.45, 2.75) is 19.1 Å². The maximum absolute atomic E-state index is 13.8. The molecular weight excluding hydrogens is 341 g/mol. The second kappa shape index (κ2) is 7.76. The fourth-order valence-electron chi connectivity index (χ4n) is 2.71. The van der Waals surface area contributed by atoms with E-state index < -0.39 is 6.30 Å². The number of pyridine rings is 1. The van der Waals surface area contributed by atoms with Crippen molar-refractivity contribution >= 4 is 29.4 Å². The van der Waals surface area contributed by atoms with Crippen molar-refractivity contribution in [1.29, 1.82) is 0 Å². The van der Waals surface area contributed by atoms with E-state index >= 15 is 0 Å². The van der Waals surface area contributed by atoms with Crippen molar-refractivity contribution in [2.75, 3.05) is 18.9 Å². The molecule has 1 atom stereocenters. The zero-order valence-electron chi connectivity index (χ0n) is 13.9. The smallest absolute Gasteiger partial charge is 0.256 e. The number of hydrogen-bond donors (Lipinski definition) is 1. The van der Waals surface area contributed by atoms with E-state index in [1.54, 1.807) is 48.3 Å². The first-order chi connectivity index (χ1) is 12.0. The van der Waals surface area contributed by atoms with E-state index in [1.165, 1.54) is 0 Å². The van der Waals surface area contributed by atoms with Crippen molar-refractivity contribution in [2.24, 2.45) is 0 Å². The molecule has 0 bridgehead atoms. The highest BCUT2D eigenvalue weighted by atomic mass is 35.5. The molecule has 25 heavy (non-hydrogen) atoms. The highest BCUT2D eigenvalue weighted by Gasteiger charge is 2.21. The minimum atomic E-state index is -0.976. The Bertz CT molecular complexity index is 795. The highest BCUT2D eigenvalue weighted by Crippen LogP contribution is 2.25. The van der Waals surface area contributed by atoms with E-state index in [2.05, 4.69) is 10.3 Å². The third kappa shape index (κ3) is 4.65. The maximum Gasteiger partial charge on any atom is 0.256 e. The summed E-state index contributed by atoms with van der Waals surface area (Å²) in [6.45, 7) is 0.672. The van der Waals surface area contributed by atoms with Gasteiger partial charge < -0.3 is 5.32 Å². The number of carbonyl (C=O) groups excluding carboxylic acids is 1. The lowest BCUT2D eigenvalue weighted by Gasteiger charge is -2.28. The molecule has 4 nitrogen and oxygen atoms in total. The summed E-state index contributed by atoms with van der Waals surface area (Å²) in [5.41, 5.74) is 2.14. The molecule has 130 valence electrons. The van der Waals surface area contributed by atoms with Crippen LogP contribution in [0.15, 0.2) is 48.0 Å². The van der Waals surface area contributed by atoms with Crippen LogP contribution in [0.1, 0.15) is 28.9 Å². The largest absolute Gasteiger partial charge is 0.307 e. The Hall–Kier alpha value is -2.24. The molecule has 2 heterocycles. The summed E-state index contributed by atoms with van der Waals surface area (Å²) < 4.78 is 13.8. The van der Waals surface area contributed by atoms with Crippen LogP contribution < -0.4 is 5.32 Å². The molecule has 1 aromatic heterocycles. The number of nitrogens with zero attached hydrogens (tertiary/aromatic N) is 2. The number of hydrogen-bond acceptors (Lipinski definition) is 3. The van der Waals surface area contributed by atoms with Gasteiger partial charge >= 0.3 is 0 Å². The van der Waals surface area contributed by atoms with E-state index in [-0.39, 0.29) is 5.91 Å². The number of benzene rings is 1. The van der Waals surface area contributed by atoms with Crippen molar-refractivity contribution in [3.8, 4) is 0 Å². The van der Waals surface area contributed by atoms with E-state index in [9.17, 15) is 9.18 Å². The van der Waals surface area contributed by atoms with E-state index in [1.807, 2.05) is 12.1 Å². The minimum Gasteiger partial charge on any atom is -0.307 e. The molecule has 6 heteroatoms. The van der Waals surface area contributed by atoms with E-state index in [0.717, 1.165) is 12.0 Å². The molecule has 1 aliphatic rings. The van der Waals surface area contributed by atoms with Gasteiger partial charge in [-0.25, -0.2) is 9.37 Å². The predicted octanol–water partition coefficient (Wildman–Crippen LogP) is 4.39. The van der Waals surface area contributed by atoms with Crippen LogP contribution in [0.4, 0.5) is 10.2 Å². The van der Waals surface area contributed by atoms with Gasteiger partial charge in [0.15, 0.2) is 6.30 Å². The summed E-state index contributed by atoms with van der Waals surface area (Å²) in [7, 11) is 1.77. The van der Waals surface area contributed by atoms with Crippen molar-refractivity contribution < 1.29 is 9.18 Å². The lowest BCUT2D eigenvalue weighted by atomic mass is 10.0. The van der Waals surface area contributed by atoms with Crippen molar-refractivity contribution in [3.05, 3.63) is 64.3 Å². The zero-order valence-corrected chi connectivity index (χ0v) is 14.6. The van der Waals surface area contributed by atoms with Crippen LogP contribution in [0.25, 0.3) is 6.08 Å². The lowest BCUT2D eigenvalue weighted by molar-refractivity contribution is 0.0930. The SMILES string of the molecule is CN1CC/C(=C\c2cc(Cl)cc(NC(=O)c3ccccc3)n2)CC1F. The number of alkyl halides is 1. The van der Waals surface area contributed by atoms with Gasteiger partial charge in [0.05, 0.1) is 5.69 Å². The number of halogens is 2. The van der Waals surface area contributed by atoms with Crippen LogP contribution >= 0.6 is 11.6 Å². The summed E-state index contributed by atoms with van der Waals surface area (Å²) in [6, 6.07) is 12.2. The Balaban J connectivity index is 1.78. The second-order valence-electron chi connectivity index (χ2n) is 6.09. The topological polar surface area (TPSA) is 45.2 Å². The summed E-state index contributed by atoms with van der Waals surface area (Å²) >= 11 is 6.15. The lowest BCUT2D eigenvalue weighted by Crippen LogP contribution is -2.33. The molecule has 1 aliphatic heterocycles. The monoisotopic (exact) mass is 359 g/mol. The van der Waals surface area contributed by atoms with Gasteiger partial charge in [-0.3, -0.25) is 9.69 Å². The molecular formula is C19H19ClFN3O. The molecule has 1 fully saturated rings. The Morgan fingerprint density at radius 2 is 2.12 bits per heavy atom. The number of amides is 1. The third-order valence-electron chi connectivity index (χ3n) is 4.13. The number of aromatic nitrogens is 1. The molecule has 1 unspecified atom stereocenters. The van der Waals surface area contributed by atoms with Crippen LogP contribution in [-0.2, 0) is 0 Å². The van der Waals surface area contributed by atoms with Crippen LogP contribution in [0.5, 0.6) is 0 Å². The molecule has 1 N–H and O–H groups in total. The second-order valence-corrected chi connectivity index (χ2v) is 6.52. The molecule has 0 spiro atoms. The molecule has 0 aliphatic carbocycles. The number of rotatable bonds is 3. The molecule has 1 aromatic carbocycles. The standard InChI is InChI=1S/C19H19ClFN3O/c1-24-8-7-13(10-17(24)21)9-16-11-15(20)12-18(22-16)23-19(25)14-5-3-2-4-6-14/h2-6,9,11-12,17H,7-8,10H2,1H3,(H,22,23,25)/b13-9+. The normalized spacial score (nSPS) is 19.8. The first-order valence-electron chi connectivity index (χ1n) is 8.09. The van der Waals surface area contributed by atoms with Crippen LogP contribution in [-0.4, -0.2) is 35.7 Å². The van der Waals surface area contributed by atoms with Gasteiger partial charge in [-0.05, 0) is 43.8 Å². The Kier molecular flexibility index (Phi) is 5.46. The van der Waals surface area contributed by atoms with Crippen LogP contribution in [0.3, 0.4) is 0 Å². The van der Waals surface area contributed by atoms with Crippen molar-refractivity contribution in [3.63, 3.8) is 0 Å². The minimum absolute atomic E-state index is 0.253. The van der Waals surface area contributed by atoms with Crippen molar-refractivity contribution in [1.82, 2.24) is 9.88 Å². The molecule has 1 saturated heterocycles. The number of nitrogens with one attached hydrogen (secondary N) is 1. The zero-order chi connectivity index (χ0) is 17.8. The number of anilines is 1. The average molecular weight is 360 g/mol. The fraction of sp³-hybridized carbons (Fsp3) is 0.263. The summed E-state index contributed by atoms with van der Waals surface area (Å²) in [5.74, 6) is 0.120. The summed E-state index contributed by atoms with van der Waals surface area (Å²) in [4.78, 5) is 18.3. The molecule has 1 amide bonds. The fourth-order valence-corrected chi connectivity index (χ4v) is 2.92. The molecule has 0 radical (unpaired) electrons. The van der Waals surface area contributed by atoms with Gasteiger partial charge in [-0.1, -0.05) is 35.4 Å². The van der Waals surface area contributed by atoms with Gasteiger partial charge in [0.1, 0.15) is 5.82 Å². The third-order valence-corrected chi connectivity index (χ3v) is 4.35.